The number of piperazine rings is 1. The number of nitro groups is 1. The molecular weight excluding hydrogens is 434 g/mol. The number of halogens is 2. The number of amides is 1. The molecule has 0 aliphatic carbocycles. The summed E-state index contributed by atoms with van der Waals surface area (Å²) in [6.07, 6.45) is 0. The third-order valence-electron chi connectivity index (χ3n) is 4.94. The van der Waals surface area contributed by atoms with Gasteiger partial charge in [0, 0.05) is 64.2 Å². The van der Waals surface area contributed by atoms with E-state index in [2.05, 4.69) is 0 Å². The Morgan fingerprint density at radius 3 is 2.26 bits per heavy atom. The van der Waals surface area contributed by atoms with Gasteiger partial charge in [-0.05, 0) is 18.2 Å². The maximum Gasteiger partial charge on any atom is 0.270 e. The molecule has 1 heterocycles. The van der Waals surface area contributed by atoms with Gasteiger partial charge in [-0.3, -0.25) is 14.9 Å². The molecule has 3 rings (SSSR count). The Hall–Kier alpha value is -3.12. The number of sulfonamides is 1. The summed E-state index contributed by atoms with van der Waals surface area (Å²) in [6.45, 7) is -0.179. The van der Waals surface area contributed by atoms with E-state index in [9.17, 15) is 32.1 Å². The first-order valence-electron chi connectivity index (χ1n) is 9.22. The van der Waals surface area contributed by atoms with E-state index in [1.165, 1.54) is 23.1 Å². The van der Waals surface area contributed by atoms with Crippen molar-refractivity contribution in [3.8, 4) is 0 Å². The van der Waals surface area contributed by atoms with Crippen LogP contribution < -0.4 is 4.90 Å². The van der Waals surface area contributed by atoms with E-state index in [0.717, 1.165) is 16.4 Å². The molecule has 0 aromatic heterocycles. The molecule has 0 radical (unpaired) electrons. The van der Waals surface area contributed by atoms with Crippen molar-refractivity contribution in [2.24, 2.45) is 0 Å². The molecule has 1 aliphatic heterocycles. The van der Waals surface area contributed by atoms with Gasteiger partial charge in [0.05, 0.1) is 10.5 Å². The van der Waals surface area contributed by atoms with Gasteiger partial charge >= 0.3 is 0 Å². The molecule has 0 saturated carbocycles. The van der Waals surface area contributed by atoms with Gasteiger partial charge in [0.15, 0.2) is 0 Å². The van der Waals surface area contributed by atoms with Gasteiger partial charge in [-0.25, -0.2) is 17.2 Å². The van der Waals surface area contributed by atoms with Gasteiger partial charge in [-0.1, -0.05) is 0 Å². The smallest absolute Gasteiger partial charge is 0.270 e. The maximum absolute atomic E-state index is 14.0. The Morgan fingerprint density at radius 1 is 1.06 bits per heavy atom. The van der Waals surface area contributed by atoms with Crippen molar-refractivity contribution in [3.63, 3.8) is 0 Å². The van der Waals surface area contributed by atoms with E-state index in [4.69, 9.17) is 0 Å². The van der Waals surface area contributed by atoms with Crippen LogP contribution in [0.2, 0.25) is 0 Å². The van der Waals surface area contributed by atoms with Gasteiger partial charge in [0.1, 0.15) is 16.5 Å². The number of hydrogen-bond donors (Lipinski definition) is 0. The van der Waals surface area contributed by atoms with Gasteiger partial charge in [-0.2, -0.15) is 4.31 Å². The lowest BCUT2D eigenvalue weighted by atomic mass is 10.1. The Morgan fingerprint density at radius 2 is 1.71 bits per heavy atom. The average molecular weight is 454 g/mol. The highest BCUT2D eigenvalue weighted by Gasteiger charge is 2.33. The van der Waals surface area contributed by atoms with Crippen molar-refractivity contribution in [3.05, 3.63) is 63.7 Å². The number of carbonyl (C=O) groups excluding carboxylic acids is 1. The molecule has 0 spiro atoms. The summed E-state index contributed by atoms with van der Waals surface area (Å²) >= 11 is 0. The average Bonchev–Trinajstić information content (AvgIpc) is 2.72. The van der Waals surface area contributed by atoms with Crippen molar-refractivity contribution in [1.29, 1.82) is 0 Å². The minimum Gasteiger partial charge on any atom is -0.377 e. The topological polar surface area (TPSA) is 104 Å². The summed E-state index contributed by atoms with van der Waals surface area (Å²) < 4.78 is 53.5. The van der Waals surface area contributed by atoms with Crippen LogP contribution >= 0.6 is 0 Å². The molecule has 0 bridgehead atoms. The third kappa shape index (κ3) is 4.49. The maximum atomic E-state index is 14.0. The second-order valence-electron chi connectivity index (χ2n) is 7.12. The Kier molecular flexibility index (Phi) is 6.23. The molecule has 1 amide bonds. The van der Waals surface area contributed by atoms with E-state index in [-0.39, 0.29) is 37.4 Å². The van der Waals surface area contributed by atoms with Crippen molar-refractivity contribution >= 4 is 27.3 Å². The zero-order valence-electron chi connectivity index (χ0n) is 16.8. The van der Waals surface area contributed by atoms with Crippen molar-refractivity contribution in [2.45, 2.75) is 4.90 Å². The van der Waals surface area contributed by atoms with E-state index >= 15 is 0 Å². The van der Waals surface area contributed by atoms with Crippen LogP contribution in [0.5, 0.6) is 0 Å². The van der Waals surface area contributed by atoms with Crippen LogP contribution in [0.1, 0.15) is 10.4 Å². The summed E-state index contributed by atoms with van der Waals surface area (Å²) in [4.78, 5) is 25.9. The fraction of sp³-hybridized carbons (Fsp3) is 0.316. The molecule has 12 heteroatoms. The Bertz CT molecular complexity index is 1130. The summed E-state index contributed by atoms with van der Waals surface area (Å²) in [7, 11) is -0.818. The number of hydrogen-bond acceptors (Lipinski definition) is 6. The number of anilines is 1. The fourth-order valence-electron chi connectivity index (χ4n) is 3.32. The van der Waals surface area contributed by atoms with Gasteiger partial charge in [0.2, 0.25) is 10.0 Å². The van der Waals surface area contributed by atoms with Gasteiger partial charge < -0.3 is 9.80 Å². The van der Waals surface area contributed by atoms with Crippen LogP contribution in [0.3, 0.4) is 0 Å². The van der Waals surface area contributed by atoms with Crippen LogP contribution in [0, 0.1) is 21.7 Å². The highest BCUT2D eigenvalue weighted by Crippen LogP contribution is 2.27. The SMILES string of the molecule is CN(C)c1ccc([N+](=O)[O-])cc1C(=O)N1CCN(S(=O)(=O)c2ccc(F)cc2F)CC1. The van der Waals surface area contributed by atoms with Crippen LogP contribution in [0.4, 0.5) is 20.2 Å². The minimum absolute atomic E-state index is 0.0104. The first-order valence-corrected chi connectivity index (χ1v) is 10.7. The van der Waals surface area contributed by atoms with Crippen LogP contribution in [0.25, 0.3) is 0 Å². The zero-order chi connectivity index (χ0) is 22.9. The molecule has 31 heavy (non-hydrogen) atoms. The Labute approximate surface area is 177 Å². The van der Waals surface area contributed by atoms with Crippen molar-refractivity contribution in [2.75, 3.05) is 45.2 Å². The second kappa shape index (κ2) is 8.55. The van der Waals surface area contributed by atoms with Crippen LogP contribution in [-0.4, -0.2) is 68.7 Å². The van der Waals surface area contributed by atoms with E-state index in [1.54, 1.807) is 19.0 Å². The lowest BCUT2D eigenvalue weighted by molar-refractivity contribution is -0.384. The third-order valence-corrected chi connectivity index (χ3v) is 6.87. The molecule has 166 valence electrons. The molecule has 1 saturated heterocycles. The molecule has 0 atom stereocenters. The second-order valence-corrected chi connectivity index (χ2v) is 9.03. The molecule has 9 nitrogen and oxygen atoms in total. The molecule has 2 aromatic rings. The molecule has 0 N–H and O–H groups in total. The number of rotatable bonds is 5. The highest BCUT2D eigenvalue weighted by molar-refractivity contribution is 7.89. The van der Waals surface area contributed by atoms with Crippen molar-refractivity contribution < 1.29 is 26.9 Å². The minimum atomic E-state index is -4.21. The summed E-state index contributed by atoms with van der Waals surface area (Å²) in [5.74, 6) is -2.55. The molecular formula is C19H20F2N4O5S. The summed E-state index contributed by atoms with van der Waals surface area (Å²) in [5, 5.41) is 11.1. The number of non-ortho nitro benzene ring substituents is 1. The summed E-state index contributed by atoms with van der Waals surface area (Å²) in [5.41, 5.74) is 0.376. The van der Waals surface area contributed by atoms with Gasteiger partial charge in [0.25, 0.3) is 11.6 Å². The highest BCUT2D eigenvalue weighted by atomic mass is 32.2. The predicted octanol–water partition coefficient (Wildman–Crippen LogP) is 2.09. The lowest BCUT2D eigenvalue weighted by Crippen LogP contribution is -2.50. The fourth-order valence-corrected chi connectivity index (χ4v) is 4.79. The molecule has 1 fully saturated rings. The Balaban J connectivity index is 1.80. The zero-order valence-corrected chi connectivity index (χ0v) is 17.6. The first kappa shape index (κ1) is 22.6. The first-order chi connectivity index (χ1) is 14.5. The number of nitrogens with zero attached hydrogens (tertiary/aromatic N) is 4. The quantitative estimate of drug-likeness (QED) is 0.506. The lowest BCUT2D eigenvalue weighted by Gasteiger charge is -2.34. The van der Waals surface area contributed by atoms with E-state index < -0.39 is 37.4 Å². The predicted molar refractivity (Wildman–Crippen MR) is 108 cm³/mol. The molecule has 2 aromatic carbocycles. The normalized spacial score (nSPS) is 15.0. The van der Waals surface area contributed by atoms with E-state index in [0.29, 0.717) is 11.8 Å². The number of nitro benzene ring substituents is 1. The van der Waals surface area contributed by atoms with E-state index in [1.807, 2.05) is 0 Å². The summed E-state index contributed by atoms with van der Waals surface area (Å²) in [6, 6.07) is 6.19. The largest absolute Gasteiger partial charge is 0.377 e. The standard InChI is InChI=1S/C19H20F2N4O5S/c1-22(2)17-5-4-14(25(27)28)12-15(17)19(26)23-7-9-24(10-8-23)31(29,30)18-6-3-13(20)11-16(18)21/h3-6,11-12H,7-10H2,1-2H3. The van der Waals surface area contributed by atoms with Gasteiger partial charge in [-0.15, -0.1) is 0 Å². The monoisotopic (exact) mass is 454 g/mol. The number of benzene rings is 2. The molecule has 1 aliphatic rings. The van der Waals surface area contributed by atoms with Crippen LogP contribution in [0.15, 0.2) is 41.3 Å². The molecule has 0 unspecified atom stereocenters. The van der Waals surface area contributed by atoms with Crippen molar-refractivity contribution in [1.82, 2.24) is 9.21 Å². The number of carbonyl (C=O) groups is 1. The van der Waals surface area contributed by atoms with Crippen LogP contribution in [-0.2, 0) is 10.0 Å².